The van der Waals surface area contributed by atoms with Gasteiger partial charge < -0.3 is 19.6 Å². The first-order valence-electron chi connectivity index (χ1n) is 11.3. The largest absolute Gasteiger partial charge is 0.393 e. The van der Waals surface area contributed by atoms with E-state index in [0.717, 1.165) is 18.1 Å². The van der Waals surface area contributed by atoms with Crippen molar-refractivity contribution in [2.45, 2.75) is 44.3 Å². The fourth-order valence-electron chi connectivity index (χ4n) is 4.35. The van der Waals surface area contributed by atoms with Gasteiger partial charge in [-0.05, 0) is 49.6 Å². The van der Waals surface area contributed by atoms with Gasteiger partial charge in [0.25, 0.3) is 12.3 Å². The molecule has 1 saturated heterocycles. The molecule has 2 atom stereocenters. The summed E-state index contributed by atoms with van der Waals surface area (Å²) in [6.07, 6.45) is -1.16. The molecule has 2 amide bonds. The Morgan fingerprint density at radius 2 is 2.06 bits per heavy atom. The Balaban J connectivity index is 1.81. The van der Waals surface area contributed by atoms with Crippen molar-refractivity contribution in [3.8, 4) is 0 Å². The molecule has 1 fully saturated rings. The zero-order valence-electron chi connectivity index (χ0n) is 19.5. The van der Waals surface area contributed by atoms with Crippen LogP contribution in [0, 0.1) is 0 Å². The van der Waals surface area contributed by atoms with Crippen LogP contribution in [0.4, 0.5) is 13.2 Å². The quantitative estimate of drug-likeness (QED) is 0.554. The molecule has 0 aliphatic carbocycles. The van der Waals surface area contributed by atoms with Crippen LogP contribution in [0.25, 0.3) is 11.0 Å². The van der Waals surface area contributed by atoms with Gasteiger partial charge in [-0.2, -0.15) is 4.99 Å². The fourth-order valence-corrected chi connectivity index (χ4v) is 4.35. The van der Waals surface area contributed by atoms with E-state index in [9.17, 15) is 27.9 Å². The van der Waals surface area contributed by atoms with Crippen LogP contribution in [0.1, 0.15) is 53.6 Å². The van der Waals surface area contributed by atoms with Crippen molar-refractivity contribution in [2.75, 3.05) is 20.2 Å². The topological polar surface area (TPSA) is 90.7 Å². The van der Waals surface area contributed by atoms with Gasteiger partial charge in [-0.1, -0.05) is 18.2 Å². The minimum Gasteiger partial charge on any atom is -0.393 e. The van der Waals surface area contributed by atoms with Crippen LogP contribution in [-0.4, -0.2) is 57.2 Å². The highest BCUT2D eigenvalue weighted by atomic mass is 19.3. The third kappa shape index (κ3) is 5.17. The Hall–Kier alpha value is -3.40. The molecular weight excluding hydrogens is 461 g/mol. The molecule has 2 N–H and O–H groups in total. The van der Waals surface area contributed by atoms with Gasteiger partial charge in [-0.3, -0.25) is 9.59 Å². The molecule has 2 heterocycles. The number of halogens is 3. The SMILES string of the molecule is CN1CCC[C@@H](c2ccc3c(c2)[nH]/c(=N\C(=O)c2cccc(C(F)F)c2)n3C[C@](C)(F)CO)C1=O. The van der Waals surface area contributed by atoms with Crippen molar-refractivity contribution < 1.29 is 27.9 Å². The van der Waals surface area contributed by atoms with E-state index in [1.54, 1.807) is 30.1 Å². The minimum absolute atomic E-state index is 0.00835. The third-order valence-electron chi connectivity index (χ3n) is 6.29. The highest BCUT2D eigenvalue weighted by Gasteiger charge is 2.29. The molecule has 10 heteroatoms. The number of aromatic amines is 1. The molecule has 0 saturated carbocycles. The number of nitrogens with zero attached hydrogens (tertiary/aromatic N) is 3. The maximum absolute atomic E-state index is 14.8. The Kier molecular flexibility index (Phi) is 6.84. The normalized spacial score (nSPS) is 18.9. The number of fused-ring (bicyclic) bond motifs is 1. The summed E-state index contributed by atoms with van der Waals surface area (Å²) >= 11 is 0. The van der Waals surface area contributed by atoms with Gasteiger partial charge in [-0.25, -0.2) is 13.2 Å². The van der Waals surface area contributed by atoms with Crippen molar-refractivity contribution in [3.63, 3.8) is 0 Å². The van der Waals surface area contributed by atoms with E-state index in [4.69, 9.17) is 0 Å². The first-order chi connectivity index (χ1) is 16.6. The van der Waals surface area contributed by atoms with Crippen LogP contribution in [0.15, 0.2) is 47.5 Å². The summed E-state index contributed by atoms with van der Waals surface area (Å²) in [6.45, 7) is 0.865. The number of rotatable bonds is 6. The van der Waals surface area contributed by atoms with Crippen LogP contribution >= 0.6 is 0 Å². The number of carbonyl (C=O) groups excluding carboxylic acids is 2. The van der Waals surface area contributed by atoms with Crippen molar-refractivity contribution in [2.24, 2.45) is 4.99 Å². The molecule has 186 valence electrons. The first kappa shape index (κ1) is 24.7. The first-order valence-corrected chi connectivity index (χ1v) is 11.3. The predicted molar refractivity (Wildman–Crippen MR) is 124 cm³/mol. The number of alkyl halides is 3. The van der Waals surface area contributed by atoms with Crippen molar-refractivity contribution in [3.05, 3.63) is 64.8 Å². The number of piperidine rings is 1. The number of imidazole rings is 1. The second kappa shape index (κ2) is 9.69. The smallest absolute Gasteiger partial charge is 0.280 e. The highest BCUT2D eigenvalue weighted by molar-refractivity contribution is 5.95. The second-order valence-electron chi connectivity index (χ2n) is 9.18. The van der Waals surface area contributed by atoms with Gasteiger partial charge in [0.2, 0.25) is 11.5 Å². The van der Waals surface area contributed by atoms with Gasteiger partial charge in [0.1, 0.15) is 5.67 Å². The molecule has 3 aromatic rings. The average Bonchev–Trinajstić information content (AvgIpc) is 3.16. The predicted octanol–water partition coefficient (Wildman–Crippen LogP) is 3.70. The van der Waals surface area contributed by atoms with Crippen molar-refractivity contribution in [1.82, 2.24) is 14.5 Å². The number of carbonyl (C=O) groups is 2. The summed E-state index contributed by atoms with van der Waals surface area (Å²) in [4.78, 5) is 34.2. The van der Waals surface area contributed by atoms with E-state index in [0.29, 0.717) is 24.0 Å². The lowest BCUT2D eigenvalue weighted by molar-refractivity contribution is -0.133. The maximum atomic E-state index is 14.8. The summed E-state index contributed by atoms with van der Waals surface area (Å²) < 4.78 is 42.4. The Morgan fingerprint density at radius 3 is 2.77 bits per heavy atom. The maximum Gasteiger partial charge on any atom is 0.280 e. The van der Waals surface area contributed by atoms with Gasteiger partial charge in [-0.15, -0.1) is 0 Å². The van der Waals surface area contributed by atoms with Crippen LogP contribution in [0.3, 0.4) is 0 Å². The minimum atomic E-state index is -2.74. The van der Waals surface area contributed by atoms with E-state index in [1.807, 2.05) is 0 Å². The Labute approximate surface area is 199 Å². The molecule has 35 heavy (non-hydrogen) atoms. The summed E-state index contributed by atoms with van der Waals surface area (Å²) in [5.41, 5.74) is -0.498. The monoisotopic (exact) mass is 488 g/mol. The number of aromatic nitrogens is 2. The van der Waals surface area contributed by atoms with Crippen LogP contribution < -0.4 is 5.62 Å². The average molecular weight is 489 g/mol. The molecule has 1 aromatic heterocycles. The molecule has 1 aliphatic rings. The van der Waals surface area contributed by atoms with Gasteiger partial charge in [0.05, 0.1) is 30.1 Å². The van der Waals surface area contributed by atoms with Gasteiger partial charge in [0, 0.05) is 24.7 Å². The van der Waals surface area contributed by atoms with E-state index >= 15 is 0 Å². The number of aliphatic hydroxyl groups excluding tert-OH is 1. The number of amides is 2. The number of H-pyrrole nitrogens is 1. The van der Waals surface area contributed by atoms with E-state index in [-0.39, 0.29) is 35.1 Å². The summed E-state index contributed by atoms with van der Waals surface area (Å²) in [6, 6.07) is 10.3. The number of hydrogen-bond donors (Lipinski definition) is 2. The molecule has 0 spiro atoms. The summed E-state index contributed by atoms with van der Waals surface area (Å²) in [7, 11) is 1.76. The summed E-state index contributed by atoms with van der Waals surface area (Å²) in [5.74, 6) is -1.06. The molecule has 0 bridgehead atoms. The van der Waals surface area contributed by atoms with E-state index in [1.165, 1.54) is 29.7 Å². The number of likely N-dealkylation sites (tertiary alicyclic amines) is 1. The van der Waals surface area contributed by atoms with Crippen LogP contribution in [0.5, 0.6) is 0 Å². The van der Waals surface area contributed by atoms with Crippen molar-refractivity contribution in [1.29, 1.82) is 0 Å². The van der Waals surface area contributed by atoms with E-state index < -0.39 is 24.6 Å². The highest BCUT2D eigenvalue weighted by Crippen LogP contribution is 2.29. The van der Waals surface area contributed by atoms with Crippen LogP contribution in [0.2, 0.25) is 0 Å². The second-order valence-corrected chi connectivity index (χ2v) is 9.18. The fraction of sp³-hybridized carbons (Fsp3) is 0.400. The zero-order chi connectivity index (χ0) is 25.3. The number of nitrogens with one attached hydrogen (secondary N) is 1. The number of benzene rings is 2. The number of likely N-dealkylation sites (N-methyl/N-ethyl adjacent to an activating group) is 1. The number of aliphatic hydroxyl groups is 1. The Morgan fingerprint density at radius 1 is 1.29 bits per heavy atom. The van der Waals surface area contributed by atoms with Gasteiger partial charge >= 0.3 is 0 Å². The van der Waals surface area contributed by atoms with Crippen molar-refractivity contribution >= 4 is 22.8 Å². The molecular formula is C25H27F3N4O3. The molecule has 1 aliphatic heterocycles. The lowest BCUT2D eigenvalue weighted by Crippen LogP contribution is -2.37. The lowest BCUT2D eigenvalue weighted by Gasteiger charge is -2.29. The molecule has 7 nitrogen and oxygen atoms in total. The van der Waals surface area contributed by atoms with Crippen LogP contribution in [-0.2, 0) is 11.3 Å². The molecule has 4 rings (SSSR count). The lowest BCUT2D eigenvalue weighted by atomic mass is 9.90. The zero-order valence-corrected chi connectivity index (χ0v) is 19.5. The van der Waals surface area contributed by atoms with Gasteiger partial charge in [0.15, 0.2) is 0 Å². The number of hydrogen-bond acceptors (Lipinski definition) is 3. The molecule has 0 radical (unpaired) electrons. The molecule has 2 aromatic carbocycles. The standard InChI is InChI=1S/C25H27F3N4O3/c1-25(28,14-33)13-32-20-9-8-15(18-7-4-10-31(2)23(18)35)12-19(20)29-24(32)30-22(34)17-6-3-5-16(11-17)21(26)27/h3,5-6,8-9,11-12,18,21,33H,4,7,10,13-14H2,1-2H3,(H,29,30,34)/t18-,25-/m0/s1. The summed E-state index contributed by atoms with van der Waals surface area (Å²) in [5, 5.41) is 9.46. The van der Waals surface area contributed by atoms with E-state index in [2.05, 4.69) is 9.98 Å². The molecule has 0 unspecified atom stereocenters. The third-order valence-corrected chi connectivity index (χ3v) is 6.29. The Bertz CT molecular complexity index is 1330.